The molecule has 2 unspecified atom stereocenters. The monoisotopic (exact) mass is 354 g/mol. The Morgan fingerprint density at radius 2 is 2.00 bits per heavy atom. The van der Waals surface area contributed by atoms with E-state index in [-0.39, 0.29) is 17.7 Å². The minimum atomic E-state index is -0.526. The van der Waals surface area contributed by atoms with Gasteiger partial charge in [-0.05, 0) is 40.9 Å². The summed E-state index contributed by atoms with van der Waals surface area (Å²) in [5, 5.41) is 2.73. The van der Waals surface area contributed by atoms with Gasteiger partial charge in [0, 0.05) is 11.8 Å². The number of halogens is 1. The van der Waals surface area contributed by atoms with E-state index in [2.05, 4.69) is 21.2 Å². The molecule has 2 rings (SSSR count). The zero-order valence-electron chi connectivity index (χ0n) is 12.5. The lowest BCUT2D eigenvalue weighted by Gasteiger charge is -2.40. The SMILES string of the molecule is COc1cc(N2C(=O)C(C)NC(=O)C2C(C)C)ccc1Br. The van der Waals surface area contributed by atoms with Crippen LogP contribution in [0.5, 0.6) is 5.75 Å². The summed E-state index contributed by atoms with van der Waals surface area (Å²) in [6, 6.07) is 4.35. The fourth-order valence-corrected chi connectivity index (χ4v) is 2.92. The Balaban J connectivity index is 2.50. The largest absolute Gasteiger partial charge is 0.495 e. The smallest absolute Gasteiger partial charge is 0.250 e. The Bertz CT molecular complexity index is 574. The number of hydrogen-bond donors (Lipinski definition) is 1. The van der Waals surface area contributed by atoms with Gasteiger partial charge in [0.1, 0.15) is 17.8 Å². The van der Waals surface area contributed by atoms with E-state index in [0.29, 0.717) is 11.4 Å². The van der Waals surface area contributed by atoms with Gasteiger partial charge in [-0.2, -0.15) is 0 Å². The summed E-state index contributed by atoms with van der Waals surface area (Å²) in [5.41, 5.74) is 0.667. The molecule has 0 aliphatic carbocycles. The van der Waals surface area contributed by atoms with Gasteiger partial charge >= 0.3 is 0 Å². The molecule has 1 aliphatic heterocycles. The average molecular weight is 355 g/mol. The lowest BCUT2D eigenvalue weighted by molar-refractivity contribution is -0.134. The molecule has 5 nitrogen and oxygen atoms in total. The first kappa shape index (κ1) is 15.8. The van der Waals surface area contributed by atoms with E-state index in [9.17, 15) is 9.59 Å². The van der Waals surface area contributed by atoms with Gasteiger partial charge in [0.25, 0.3) is 0 Å². The maximum absolute atomic E-state index is 12.5. The number of carbonyl (C=O) groups excluding carboxylic acids is 2. The molecular weight excluding hydrogens is 336 g/mol. The van der Waals surface area contributed by atoms with Crippen molar-refractivity contribution >= 4 is 33.4 Å². The first-order chi connectivity index (χ1) is 9.86. The number of rotatable bonds is 3. The molecule has 1 heterocycles. The number of ether oxygens (including phenoxy) is 1. The van der Waals surface area contributed by atoms with Gasteiger partial charge in [0.2, 0.25) is 11.8 Å². The van der Waals surface area contributed by atoms with Crippen LogP contribution in [0.25, 0.3) is 0 Å². The van der Waals surface area contributed by atoms with Crippen molar-refractivity contribution < 1.29 is 14.3 Å². The highest BCUT2D eigenvalue weighted by Gasteiger charge is 2.41. The van der Waals surface area contributed by atoms with Crippen LogP contribution in [0.2, 0.25) is 0 Å². The first-order valence-corrected chi connectivity index (χ1v) is 7.63. The third-order valence-electron chi connectivity index (χ3n) is 3.56. The number of amides is 2. The summed E-state index contributed by atoms with van der Waals surface area (Å²) in [6.07, 6.45) is 0. The van der Waals surface area contributed by atoms with Crippen molar-refractivity contribution in [1.29, 1.82) is 0 Å². The molecule has 0 radical (unpaired) electrons. The van der Waals surface area contributed by atoms with Crippen molar-refractivity contribution in [3.63, 3.8) is 0 Å². The fraction of sp³-hybridized carbons (Fsp3) is 0.467. The number of benzene rings is 1. The van der Waals surface area contributed by atoms with Crippen LogP contribution in [-0.2, 0) is 9.59 Å². The lowest BCUT2D eigenvalue weighted by Crippen LogP contribution is -2.64. The van der Waals surface area contributed by atoms with Gasteiger partial charge in [-0.15, -0.1) is 0 Å². The highest BCUT2D eigenvalue weighted by Crippen LogP contribution is 2.33. The van der Waals surface area contributed by atoms with Gasteiger partial charge in [0.05, 0.1) is 11.6 Å². The average Bonchev–Trinajstić information content (AvgIpc) is 2.42. The Morgan fingerprint density at radius 3 is 2.57 bits per heavy atom. The number of piperazine rings is 1. The van der Waals surface area contributed by atoms with Gasteiger partial charge < -0.3 is 10.1 Å². The van der Waals surface area contributed by atoms with E-state index in [1.807, 2.05) is 26.0 Å². The number of carbonyl (C=O) groups is 2. The summed E-state index contributed by atoms with van der Waals surface area (Å²) < 4.78 is 6.08. The van der Waals surface area contributed by atoms with E-state index < -0.39 is 12.1 Å². The third kappa shape index (κ3) is 2.90. The van der Waals surface area contributed by atoms with Crippen molar-refractivity contribution in [2.24, 2.45) is 5.92 Å². The van der Waals surface area contributed by atoms with E-state index in [1.165, 1.54) is 0 Å². The molecule has 114 valence electrons. The van der Waals surface area contributed by atoms with E-state index in [0.717, 1.165) is 4.47 Å². The van der Waals surface area contributed by atoms with E-state index in [4.69, 9.17) is 4.74 Å². The Labute approximate surface area is 132 Å². The molecule has 1 aromatic rings. The van der Waals surface area contributed by atoms with E-state index in [1.54, 1.807) is 25.0 Å². The van der Waals surface area contributed by atoms with Crippen LogP contribution in [0.3, 0.4) is 0 Å². The summed E-state index contributed by atoms with van der Waals surface area (Å²) in [6.45, 7) is 5.55. The van der Waals surface area contributed by atoms with E-state index >= 15 is 0 Å². The number of nitrogens with zero attached hydrogens (tertiary/aromatic N) is 1. The zero-order chi connectivity index (χ0) is 15.7. The van der Waals surface area contributed by atoms with Gasteiger partial charge in [-0.3, -0.25) is 14.5 Å². The summed E-state index contributed by atoms with van der Waals surface area (Å²) in [4.78, 5) is 26.4. The molecule has 21 heavy (non-hydrogen) atoms. The van der Waals surface area contributed by atoms with Crippen molar-refractivity contribution in [2.45, 2.75) is 32.9 Å². The second-order valence-corrected chi connectivity index (χ2v) is 6.30. The van der Waals surface area contributed by atoms with Crippen LogP contribution in [0.15, 0.2) is 22.7 Å². The van der Waals surface area contributed by atoms with Gasteiger partial charge in [-0.1, -0.05) is 13.8 Å². The Morgan fingerprint density at radius 1 is 1.33 bits per heavy atom. The predicted molar refractivity (Wildman–Crippen MR) is 84.4 cm³/mol. The number of methoxy groups -OCH3 is 1. The predicted octanol–water partition coefficient (Wildman–Crippen LogP) is 2.33. The van der Waals surface area contributed by atoms with Crippen molar-refractivity contribution in [3.05, 3.63) is 22.7 Å². The molecule has 0 saturated carbocycles. The molecule has 1 fully saturated rings. The first-order valence-electron chi connectivity index (χ1n) is 6.83. The highest BCUT2D eigenvalue weighted by molar-refractivity contribution is 9.10. The topological polar surface area (TPSA) is 58.6 Å². The third-order valence-corrected chi connectivity index (χ3v) is 4.21. The van der Waals surface area contributed by atoms with Crippen LogP contribution in [0, 0.1) is 5.92 Å². The molecule has 0 aromatic heterocycles. The van der Waals surface area contributed by atoms with Gasteiger partial charge in [0.15, 0.2) is 0 Å². The molecule has 1 aliphatic rings. The summed E-state index contributed by atoms with van der Waals surface area (Å²) in [5.74, 6) is 0.397. The number of anilines is 1. The molecule has 1 N–H and O–H groups in total. The molecule has 0 spiro atoms. The minimum Gasteiger partial charge on any atom is -0.495 e. The Kier molecular flexibility index (Phi) is 4.56. The number of nitrogens with one attached hydrogen (secondary N) is 1. The molecule has 2 atom stereocenters. The van der Waals surface area contributed by atoms with Crippen molar-refractivity contribution in [2.75, 3.05) is 12.0 Å². The molecule has 1 aromatic carbocycles. The van der Waals surface area contributed by atoms with Crippen LogP contribution in [0.4, 0.5) is 5.69 Å². The highest BCUT2D eigenvalue weighted by atomic mass is 79.9. The summed E-state index contributed by atoms with van der Waals surface area (Å²) in [7, 11) is 1.57. The van der Waals surface area contributed by atoms with Crippen LogP contribution in [0.1, 0.15) is 20.8 Å². The second kappa shape index (κ2) is 6.05. The van der Waals surface area contributed by atoms with Crippen molar-refractivity contribution in [3.8, 4) is 5.75 Å². The van der Waals surface area contributed by atoms with Crippen LogP contribution < -0.4 is 15.0 Å². The van der Waals surface area contributed by atoms with Gasteiger partial charge in [-0.25, -0.2) is 0 Å². The Hall–Kier alpha value is -1.56. The van der Waals surface area contributed by atoms with Crippen LogP contribution in [-0.4, -0.2) is 31.0 Å². The molecule has 2 amide bonds. The van der Waals surface area contributed by atoms with Crippen LogP contribution >= 0.6 is 15.9 Å². The maximum atomic E-state index is 12.5. The standard InChI is InChI=1S/C15H19BrN2O3/c1-8(2)13-14(19)17-9(3)15(20)18(13)10-5-6-11(16)12(7-10)21-4/h5-9,13H,1-4H3,(H,17,19). The normalized spacial score (nSPS) is 22.5. The maximum Gasteiger partial charge on any atom is 0.250 e. The lowest BCUT2D eigenvalue weighted by atomic mass is 9.96. The molecule has 1 saturated heterocycles. The molecule has 0 bridgehead atoms. The zero-order valence-corrected chi connectivity index (χ0v) is 14.1. The second-order valence-electron chi connectivity index (χ2n) is 5.45. The quantitative estimate of drug-likeness (QED) is 0.906. The minimum absolute atomic E-state index is 0.0103. The molecule has 6 heteroatoms. The summed E-state index contributed by atoms with van der Waals surface area (Å²) >= 11 is 3.39. The molecular formula is C15H19BrN2O3. The van der Waals surface area contributed by atoms with Crippen molar-refractivity contribution in [1.82, 2.24) is 5.32 Å². The fourth-order valence-electron chi connectivity index (χ4n) is 2.51. The number of hydrogen-bond acceptors (Lipinski definition) is 3.